The van der Waals surface area contributed by atoms with Crippen molar-refractivity contribution in [2.24, 2.45) is 5.92 Å². The van der Waals surface area contributed by atoms with E-state index in [1.54, 1.807) is 12.1 Å². The molecule has 0 saturated heterocycles. The van der Waals surface area contributed by atoms with E-state index in [2.05, 4.69) is 5.32 Å². The van der Waals surface area contributed by atoms with Crippen LogP contribution in [0.5, 0.6) is 0 Å². The second kappa shape index (κ2) is 7.26. The molecule has 0 spiro atoms. The number of hydrogen-bond donors (Lipinski definition) is 1. The predicted octanol–water partition coefficient (Wildman–Crippen LogP) is 3.61. The number of nitrogens with one attached hydrogen (secondary N) is 1. The smallest absolute Gasteiger partial charge is 0.262 e. The van der Waals surface area contributed by atoms with E-state index in [1.807, 2.05) is 13.8 Å². The molecular weight excluding hydrogens is 354 g/mol. The van der Waals surface area contributed by atoms with Gasteiger partial charge in [-0.2, -0.15) is 0 Å². The summed E-state index contributed by atoms with van der Waals surface area (Å²) >= 11 is 0. The first-order valence-corrected chi connectivity index (χ1v) is 8.52. The number of imide groups is 1. The van der Waals surface area contributed by atoms with E-state index in [0.29, 0.717) is 6.07 Å². The Balaban J connectivity index is 1.91. The van der Waals surface area contributed by atoms with Crippen molar-refractivity contribution in [3.63, 3.8) is 0 Å². The van der Waals surface area contributed by atoms with Crippen molar-refractivity contribution in [1.82, 2.24) is 4.90 Å². The van der Waals surface area contributed by atoms with Crippen molar-refractivity contribution in [1.29, 1.82) is 0 Å². The van der Waals surface area contributed by atoms with Crippen molar-refractivity contribution in [2.75, 3.05) is 5.32 Å². The Kier molecular flexibility index (Phi) is 5.03. The van der Waals surface area contributed by atoms with Crippen LogP contribution in [-0.2, 0) is 4.79 Å². The lowest BCUT2D eigenvalue weighted by atomic mass is 10.0. The van der Waals surface area contributed by atoms with E-state index in [1.165, 1.54) is 12.1 Å². The van der Waals surface area contributed by atoms with Gasteiger partial charge in [-0.3, -0.25) is 19.3 Å². The van der Waals surface area contributed by atoms with Crippen LogP contribution in [0.3, 0.4) is 0 Å². The molecule has 1 N–H and O–H groups in total. The van der Waals surface area contributed by atoms with Gasteiger partial charge in [0.05, 0.1) is 11.1 Å². The summed E-state index contributed by atoms with van der Waals surface area (Å²) in [7, 11) is 0. The molecule has 0 radical (unpaired) electrons. The van der Waals surface area contributed by atoms with Crippen LogP contribution in [0.1, 0.15) is 41.0 Å². The second-order valence-corrected chi connectivity index (χ2v) is 6.82. The highest BCUT2D eigenvalue weighted by atomic mass is 19.1. The molecule has 2 aromatic rings. The second-order valence-electron chi connectivity index (χ2n) is 6.82. The van der Waals surface area contributed by atoms with Gasteiger partial charge in [0.1, 0.15) is 17.7 Å². The fraction of sp³-hybridized carbons (Fsp3) is 0.250. The third kappa shape index (κ3) is 3.72. The SMILES string of the molecule is CC(C)CC(C(=O)Nc1cc(F)cc(F)c1)N1C(=O)c2ccccc2C1=O. The average molecular weight is 372 g/mol. The molecule has 1 heterocycles. The van der Waals surface area contributed by atoms with Crippen LogP contribution >= 0.6 is 0 Å². The summed E-state index contributed by atoms with van der Waals surface area (Å²) in [6.07, 6.45) is 0.217. The Bertz CT molecular complexity index is 872. The van der Waals surface area contributed by atoms with Crippen LogP contribution in [0.2, 0.25) is 0 Å². The molecule has 0 aromatic heterocycles. The number of fused-ring (bicyclic) bond motifs is 1. The number of amides is 3. The normalized spacial score (nSPS) is 14.5. The summed E-state index contributed by atoms with van der Waals surface area (Å²) in [5.74, 6) is -3.47. The van der Waals surface area contributed by atoms with Crippen LogP contribution in [0, 0.1) is 17.6 Å². The topological polar surface area (TPSA) is 66.5 Å². The molecule has 1 aliphatic rings. The molecule has 1 atom stereocenters. The molecule has 27 heavy (non-hydrogen) atoms. The predicted molar refractivity (Wildman–Crippen MR) is 95.2 cm³/mol. The molecule has 3 amide bonds. The number of carbonyl (C=O) groups excluding carboxylic acids is 3. The zero-order chi connectivity index (χ0) is 19.7. The number of benzene rings is 2. The van der Waals surface area contributed by atoms with E-state index >= 15 is 0 Å². The average Bonchev–Trinajstić information content (AvgIpc) is 2.83. The van der Waals surface area contributed by atoms with Gasteiger partial charge in [-0.25, -0.2) is 8.78 Å². The lowest BCUT2D eigenvalue weighted by molar-refractivity contribution is -0.120. The minimum atomic E-state index is -1.09. The molecular formula is C20H18F2N2O3. The van der Waals surface area contributed by atoms with E-state index in [0.717, 1.165) is 17.0 Å². The highest BCUT2D eigenvalue weighted by Crippen LogP contribution is 2.27. The molecule has 0 bridgehead atoms. The molecule has 2 aromatic carbocycles. The van der Waals surface area contributed by atoms with Crippen molar-refractivity contribution in [2.45, 2.75) is 26.3 Å². The van der Waals surface area contributed by atoms with Crippen LogP contribution < -0.4 is 5.32 Å². The first-order valence-electron chi connectivity index (χ1n) is 8.52. The quantitative estimate of drug-likeness (QED) is 0.816. The Hall–Kier alpha value is -3.09. The van der Waals surface area contributed by atoms with Gasteiger partial charge < -0.3 is 5.32 Å². The van der Waals surface area contributed by atoms with Gasteiger partial charge in [0.15, 0.2) is 0 Å². The van der Waals surface area contributed by atoms with E-state index in [-0.39, 0.29) is 29.2 Å². The van der Waals surface area contributed by atoms with Crippen LogP contribution in [0.25, 0.3) is 0 Å². The van der Waals surface area contributed by atoms with Gasteiger partial charge >= 0.3 is 0 Å². The first kappa shape index (κ1) is 18.7. The maximum Gasteiger partial charge on any atom is 0.262 e. The Morgan fingerprint density at radius 2 is 1.52 bits per heavy atom. The molecule has 7 heteroatoms. The van der Waals surface area contributed by atoms with E-state index < -0.39 is 35.4 Å². The number of hydrogen-bond acceptors (Lipinski definition) is 3. The fourth-order valence-electron chi connectivity index (χ4n) is 3.12. The van der Waals surface area contributed by atoms with Crippen LogP contribution in [-0.4, -0.2) is 28.7 Å². The van der Waals surface area contributed by atoms with E-state index in [4.69, 9.17) is 0 Å². The van der Waals surface area contributed by atoms with Crippen molar-refractivity contribution >= 4 is 23.4 Å². The third-order valence-electron chi connectivity index (χ3n) is 4.26. The number of rotatable bonds is 5. The van der Waals surface area contributed by atoms with Gasteiger partial charge in [0, 0.05) is 11.8 Å². The van der Waals surface area contributed by atoms with Crippen LogP contribution in [0.15, 0.2) is 42.5 Å². The van der Waals surface area contributed by atoms with Gasteiger partial charge in [0.25, 0.3) is 11.8 Å². The van der Waals surface area contributed by atoms with Crippen molar-refractivity contribution in [3.05, 3.63) is 65.2 Å². The molecule has 1 aliphatic heterocycles. The Morgan fingerprint density at radius 1 is 1.00 bits per heavy atom. The minimum absolute atomic E-state index is 0.00527. The summed E-state index contributed by atoms with van der Waals surface area (Å²) in [4.78, 5) is 39.1. The Morgan fingerprint density at radius 3 is 2.00 bits per heavy atom. The summed E-state index contributed by atoms with van der Waals surface area (Å²) in [5.41, 5.74) is 0.393. The highest BCUT2D eigenvalue weighted by molar-refractivity contribution is 6.23. The highest BCUT2D eigenvalue weighted by Gasteiger charge is 2.42. The summed E-state index contributed by atoms with van der Waals surface area (Å²) in [6.45, 7) is 3.70. The minimum Gasteiger partial charge on any atom is -0.324 e. The maximum absolute atomic E-state index is 13.4. The molecule has 0 aliphatic carbocycles. The molecule has 140 valence electrons. The third-order valence-corrected chi connectivity index (χ3v) is 4.26. The van der Waals surface area contributed by atoms with Crippen molar-refractivity contribution < 1.29 is 23.2 Å². The van der Waals surface area contributed by atoms with Gasteiger partial charge in [-0.15, -0.1) is 0 Å². The Labute approximate surface area is 155 Å². The summed E-state index contributed by atoms with van der Waals surface area (Å²) in [6, 6.07) is 7.87. The molecule has 0 saturated carbocycles. The standard InChI is InChI=1S/C20H18F2N2O3/c1-11(2)7-17(18(25)23-14-9-12(21)8-13(22)10-14)24-19(26)15-5-3-4-6-16(15)20(24)27/h3-6,8-11,17H,7H2,1-2H3,(H,23,25). The lowest BCUT2D eigenvalue weighted by Crippen LogP contribution is -2.48. The van der Waals surface area contributed by atoms with Gasteiger partial charge in [-0.05, 0) is 36.6 Å². The van der Waals surface area contributed by atoms with Crippen molar-refractivity contribution in [3.8, 4) is 0 Å². The molecule has 1 unspecified atom stereocenters. The maximum atomic E-state index is 13.4. The fourth-order valence-corrected chi connectivity index (χ4v) is 3.12. The zero-order valence-corrected chi connectivity index (χ0v) is 14.8. The number of halogens is 2. The number of carbonyl (C=O) groups is 3. The largest absolute Gasteiger partial charge is 0.324 e. The first-order chi connectivity index (χ1) is 12.8. The van der Waals surface area contributed by atoms with Gasteiger partial charge in [-0.1, -0.05) is 26.0 Å². The molecule has 3 rings (SSSR count). The van der Waals surface area contributed by atoms with E-state index in [9.17, 15) is 23.2 Å². The zero-order valence-electron chi connectivity index (χ0n) is 14.8. The van der Waals surface area contributed by atoms with Crippen LogP contribution in [0.4, 0.5) is 14.5 Å². The number of anilines is 1. The molecule has 5 nitrogen and oxygen atoms in total. The lowest BCUT2D eigenvalue weighted by Gasteiger charge is -2.26. The molecule has 0 fully saturated rings. The summed E-state index contributed by atoms with van der Waals surface area (Å²) in [5, 5.41) is 2.41. The number of nitrogens with zero attached hydrogens (tertiary/aromatic N) is 1. The summed E-state index contributed by atoms with van der Waals surface area (Å²) < 4.78 is 26.8. The monoisotopic (exact) mass is 372 g/mol. The van der Waals surface area contributed by atoms with Gasteiger partial charge in [0.2, 0.25) is 5.91 Å².